The number of fused-ring (bicyclic) bond motifs is 1. The maximum atomic E-state index is 14.3. The zero-order valence-corrected chi connectivity index (χ0v) is 19.7. The quantitative estimate of drug-likeness (QED) is 0.312. The summed E-state index contributed by atoms with van der Waals surface area (Å²) in [6, 6.07) is 17.4. The highest BCUT2D eigenvalue weighted by Gasteiger charge is 2.21. The van der Waals surface area contributed by atoms with E-state index in [2.05, 4.69) is 10.3 Å². The molecule has 0 saturated heterocycles. The monoisotopic (exact) mass is 461 g/mol. The van der Waals surface area contributed by atoms with Gasteiger partial charge in [-0.1, -0.05) is 47.7 Å². The second-order valence-corrected chi connectivity index (χ2v) is 9.36. The summed E-state index contributed by atoms with van der Waals surface area (Å²) in [7, 11) is 0. The maximum Gasteiger partial charge on any atom is 0.266 e. The van der Waals surface area contributed by atoms with Crippen molar-refractivity contribution in [1.29, 1.82) is 0 Å². The third-order valence-electron chi connectivity index (χ3n) is 5.45. The number of rotatable bonds is 5. The van der Waals surface area contributed by atoms with Gasteiger partial charge in [-0.05, 0) is 69.2 Å². The number of nitrogens with one attached hydrogen (secondary N) is 1. The Morgan fingerprint density at radius 2 is 1.79 bits per heavy atom. The smallest absolute Gasteiger partial charge is 0.266 e. The first-order valence-corrected chi connectivity index (χ1v) is 11.5. The molecule has 1 unspecified atom stereocenters. The van der Waals surface area contributed by atoms with Crippen LogP contribution in [0.2, 0.25) is 0 Å². The van der Waals surface area contributed by atoms with Gasteiger partial charge in [0, 0.05) is 5.69 Å². The summed E-state index contributed by atoms with van der Waals surface area (Å²) in [4.78, 5) is 30.9. The van der Waals surface area contributed by atoms with Crippen molar-refractivity contribution in [2.75, 3.05) is 5.32 Å². The number of anilines is 1. The number of carbonyl (C=O) groups is 1. The number of thioether (sulfide) groups is 1. The van der Waals surface area contributed by atoms with Crippen LogP contribution in [0, 0.1) is 26.6 Å². The number of hydrogen-bond acceptors (Lipinski definition) is 4. The molecule has 7 heteroatoms. The largest absolute Gasteiger partial charge is 0.325 e. The van der Waals surface area contributed by atoms with Crippen LogP contribution in [0.3, 0.4) is 0 Å². The van der Waals surface area contributed by atoms with Gasteiger partial charge in [-0.25, -0.2) is 9.37 Å². The molecule has 0 aliphatic heterocycles. The molecule has 0 fully saturated rings. The fraction of sp³-hybridized carbons (Fsp3) is 0.192. The fourth-order valence-electron chi connectivity index (χ4n) is 3.54. The Kier molecular flexibility index (Phi) is 6.33. The predicted molar refractivity (Wildman–Crippen MR) is 132 cm³/mol. The standard InChI is InChI=1S/C26H24FN3O2S/c1-15-9-12-22(17(3)13-15)28-24(31)18(4)33-26-29-23-8-6-5-7-20(23)25(32)30(26)19-11-10-16(2)21(27)14-19/h5-14,18H,1-4H3,(H,28,31). The Bertz CT molecular complexity index is 1430. The van der Waals surface area contributed by atoms with Crippen LogP contribution in [-0.2, 0) is 4.79 Å². The molecule has 0 saturated carbocycles. The Morgan fingerprint density at radius 3 is 2.52 bits per heavy atom. The molecule has 0 radical (unpaired) electrons. The molecular weight excluding hydrogens is 437 g/mol. The van der Waals surface area contributed by atoms with E-state index in [1.807, 2.05) is 32.0 Å². The molecule has 1 atom stereocenters. The Hall–Kier alpha value is -3.45. The highest BCUT2D eigenvalue weighted by molar-refractivity contribution is 8.00. The molecule has 4 rings (SSSR count). The molecule has 1 aromatic heterocycles. The zero-order valence-electron chi connectivity index (χ0n) is 18.8. The van der Waals surface area contributed by atoms with Crippen LogP contribution in [0.5, 0.6) is 0 Å². The summed E-state index contributed by atoms with van der Waals surface area (Å²) < 4.78 is 15.7. The molecule has 5 nitrogen and oxygen atoms in total. The van der Waals surface area contributed by atoms with Gasteiger partial charge in [-0.2, -0.15) is 0 Å². The van der Waals surface area contributed by atoms with E-state index in [1.165, 1.54) is 10.6 Å². The number of halogens is 1. The normalized spacial score (nSPS) is 12.0. The Labute approximate surface area is 195 Å². The van der Waals surface area contributed by atoms with Crippen LogP contribution >= 0.6 is 11.8 Å². The second-order valence-electron chi connectivity index (χ2n) is 8.05. The van der Waals surface area contributed by atoms with Gasteiger partial charge in [0.05, 0.1) is 21.8 Å². The highest BCUT2D eigenvalue weighted by Crippen LogP contribution is 2.27. The zero-order chi connectivity index (χ0) is 23.7. The van der Waals surface area contributed by atoms with Gasteiger partial charge in [0.15, 0.2) is 5.16 Å². The van der Waals surface area contributed by atoms with Crippen molar-refractivity contribution in [2.24, 2.45) is 0 Å². The number of aromatic nitrogens is 2. The van der Waals surface area contributed by atoms with Crippen molar-refractivity contribution in [2.45, 2.75) is 38.1 Å². The van der Waals surface area contributed by atoms with Gasteiger partial charge >= 0.3 is 0 Å². The summed E-state index contributed by atoms with van der Waals surface area (Å²) in [5.74, 6) is -0.625. The maximum absolute atomic E-state index is 14.3. The molecule has 0 bridgehead atoms. The lowest BCUT2D eigenvalue weighted by Crippen LogP contribution is -2.26. The summed E-state index contributed by atoms with van der Waals surface area (Å²) in [5.41, 5.74) is 3.88. The molecule has 1 amide bonds. The lowest BCUT2D eigenvalue weighted by Gasteiger charge is -2.17. The first-order valence-electron chi connectivity index (χ1n) is 10.6. The first-order chi connectivity index (χ1) is 15.7. The summed E-state index contributed by atoms with van der Waals surface area (Å²) >= 11 is 1.16. The van der Waals surface area contributed by atoms with E-state index in [4.69, 9.17) is 0 Å². The average Bonchev–Trinajstić information content (AvgIpc) is 2.78. The van der Waals surface area contributed by atoms with Gasteiger partial charge in [-0.15, -0.1) is 0 Å². The van der Waals surface area contributed by atoms with Crippen LogP contribution in [0.15, 0.2) is 70.6 Å². The molecule has 0 aliphatic carbocycles. The van der Waals surface area contributed by atoms with Crippen molar-refractivity contribution >= 4 is 34.3 Å². The van der Waals surface area contributed by atoms with Gasteiger partial charge < -0.3 is 5.32 Å². The number of aryl methyl sites for hydroxylation is 3. The van der Waals surface area contributed by atoms with Gasteiger partial charge in [0.2, 0.25) is 5.91 Å². The van der Waals surface area contributed by atoms with Gasteiger partial charge in [-0.3, -0.25) is 14.2 Å². The van der Waals surface area contributed by atoms with E-state index in [9.17, 15) is 14.0 Å². The first kappa shape index (κ1) is 22.7. The van der Waals surface area contributed by atoms with E-state index in [-0.39, 0.29) is 11.5 Å². The topological polar surface area (TPSA) is 64.0 Å². The number of benzene rings is 3. The molecule has 0 spiro atoms. The minimum absolute atomic E-state index is 0.212. The van der Waals surface area contributed by atoms with E-state index in [0.29, 0.717) is 27.3 Å². The van der Waals surface area contributed by atoms with Crippen LogP contribution in [-0.4, -0.2) is 20.7 Å². The minimum Gasteiger partial charge on any atom is -0.325 e. The van der Waals surface area contributed by atoms with Crippen molar-refractivity contribution in [3.05, 3.63) is 93.5 Å². The highest BCUT2D eigenvalue weighted by atomic mass is 32.2. The van der Waals surface area contributed by atoms with Crippen molar-refractivity contribution in [3.8, 4) is 5.69 Å². The molecule has 3 aromatic carbocycles. The van der Waals surface area contributed by atoms with E-state index in [1.54, 1.807) is 50.2 Å². The van der Waals surface area contributed by atoms with Crippen LogP contribution in [0.4, 0.5) is 10.1 Å². The lowest BCUT2D eigenvalue weighted by molar-refractivity contribution is -0.115. The number of para-hydroxylation sites is 1. The third kappa shape index (κ3) is 4.68. The number of hydrogen-bond donors (Lipinski definition) is 1. The second kappa shape index (κ2) is 9.19. The molecule has 4 aromatic rings. The molecule has 168 valence electrons. The Morgan fingerprint density at radius 1 is 1.03 bits per heavy atom. The van der Waals surface area contributed by atoms with Crippen molar-refractivity contribution in [1.82, 2.24) is 9.55 Å². The summed E-state index contributed by atoms with van der Waals surface area (Å²) in [6.07, 6.45) is 0. The fourth-order valence-corrected chi connectivity index (χ4v) is 4.47. The predicted octanol–water partition coefficient (Wildman–Crippen LogP) is 5.57. The van der Waals surface area contributed by atoms with E-state index in [0.717, 1.165) is 28.6 Å². The number of carbonyl (C=O) groups excluding carboxylic acids is 1. The molecule has 0 aliphatic rings. The van der Waals surface area contributed by atoms with Gasteiger partial charge in [0.1, 0.15) is 5.82 Å². The van der Waals surface area contributed by atoms with Gasteiger partial charge in [0.25, 0.3) is 5.56 Å². The van der Waals surface area contributed by atoms with Crippen LogP contribution in [0.1, 0.15) is 23.6 Å². The summed E-state index contributed by atoms with van der Waals surface area (Å²) in [5, 5.41) is 3.15. The lowest BCUT2D eigenvalue weighted by atomic mass is 10.1. The molecular formula is C26H24FN3O2S. The molecule has 1 heterocycles. The Balaban J connectivity index is 1.73. The van der Waals surface area contributed by atoms with Crippen molar-refractivity contribution in [3.63, 3.8) is 0 Å². The third-order valence-corrected chi connectivity index (χ3v) is 6.50. The summed E-state index contributed by atoms with van der Waals surface area (Å²) in [6.45, 7) is 7.35. The number of nitrogens with zero attached hydrogens (tertiary/aromatic N) is 2. The van der Waals surface area contributed by atoms with Crippen molar-refractivity contribution < 1.29 is 9.18 Å². The van der Waals surface area contributed by atoms with E-state index >= 15 is 0 Å². The molecule has 1 N–H and O–H groups in total. The van der Waals surface area contributed by atoms with E-state index < -0.39 is 11.1 Å². The van der Waals surface area contributed by atoms with Crippen LogP contribution < -0.4 is 10.9 Å². The minimum atomic E-state index is -0.555. The molecule has 33 heavy (non-hydrogen) atoms. The van der Waals surface area contributed by atoms with Crippen LogP contribution in [0.25, 0.3) is 16.6 Å². The number of amides is 1. The SMILES string of the molecule is Cc1ccc(NC(=O)C(C)Sc2nc3ccccc3c(=O)n2-c2ccc(C)c(F)c2)c(C)c1. The average molecular weight is 462 g/mol.